The van der Waals surface area contributed by atoms with Crippen molar-refractivity contribution in [2.75, 3.05) is 13.6 Å². The first-order valence-corrected chi connectivity index (χ1v) is 6.45. The van der Waals surface area contributed by atoms with Gasteiger partial charge in [-0.3, -0.25) is 0 Å². The van der Waals surface area contributed by atoms with Crippen LogP contribution in [0.15, 0.2) is 23.1 Å². The summed E-state index contributed by atoms with van der Waals surface area (Å²) in [6.07, 6.45) is 0.783. The van der Waals surface area contributed by atoms with Crippen LogP contribution in [0.3, 0.4) is 0 Å². The number of hydrogen-bond donors (Lipinski definition) is 2. The van der Waals surface area contributed by atoms with Gasteiger partial charge in [0.2, 0.25) is 0 Å². The molecule has 0 aliphatic rings. The van der Waals surface area contributed by atoms with Gasteiger partial charge < -0.3 is 5.32 Å². The number of hydrogen-bond acceptors (Lipinski definition) is 5. The van der Waals surface area contributed by atoms with Crippen molar-refractivity contribution in [2.24, 2.45) is 0 Å². The van der Waals surface area contributed by atoms with Crippen molar-refractivity contribution >= 4 is 12.6 Å². The van der Waals surface area contributed by atoms with Crippen LogP contribution in [-0.4, -0.2) is 33.8 Å². The molecule has 0 saturated heterocycles. The smallest absolute Gasteiger partial charge is 0.171 e. The Hall–Kier alpha value is -1.47. The molecule has 0 spiro atoms. The van der Waals surface area contributed by atoms with Crippen LogP contribution in [0.2, 0.25) is 0 Å². The van der Waals surface area contributed by atoms with Gasteiger partial charge in [0.1, 0.15) is 5.82 Å². The molecule has 0 amide bonds. The van der Waals surface area contributed by atoms with Gasteiger partial charge in [0.15, 0.2) is 5.82 Å². The van der Waals surface area contributed by atoms with Crippen molar-refractivity contribution in [2.45, 2.75) is 24.3 Å². The molecule has 0 radical (unpaired) electrons. The summed E-state index contributed by atoms with van der Waals surface area (Å²) >= 11 is 4.11. The zero-order valence-corrected chi connectivity index (χ0v) is 11.7. The molecule has 0 fully saturated rings. The number of thiol groups is 1. The fourth-order valence-electron chi connectivity index (χ4n) is 1.86. The molecule has 1 heterocycles. The van der Waals surface area contributed by atoms with E-state index < -0.39 is 0 Å². The lowest BCUT2D eigenvalue weighted by Gasteiger charge is -2.16. The van der Waals surface area contributed by atoms with E-state index in [9.17, 15) is 4.39 Å². The summed E-state index contributed by atoms with van der Waals surface area (Å²) in [6.45, 7) is 2.58. The highest BCUT2D eigenvalue weighted by Gasteiger charge is 2.17. The number of nitrogens with zero attached hydrogens (tertiary/aromatic N) is 4. The Morgan fingerprint density at radius 1 is 1.47 bits per heavy atom. The molecule has 1 aromatic carbocycles. The topological polar surface area (TPSA) is 55.6 Å². The van der Waals surface area contributed by atoms with Crippen LogP contribution in [0.1, 0.15) is 23.9 Å². The molecule has 1 unspecified atom stereocenters. The van der Waals surface area contributed by atoms with Gasteiger partial charge in [0.05, 0.1) is 6.04 Å². The lowest BCUT2D eigenvalue weighted by atomic mass is 10.0. The van der Waals surface area contributed by atoms with Crippen molar-refractivity contribution in [3.05, 3.63) is 35.4 Å². The Labute approximate surface area is 116 Å². The van der Waals surface area contributed by atoms with Crippen LogP contribution in [0.5, 0.6) is 0 Å². The average Bonchev–Trinajstić information content (AvgIpc) is 2.80. The predicted molar refractivity (Wildman–Crippen MR) is 72.9 cm³/mol. The molecule has 0 aliphatic carbocycles. The normalized spacial score (nSPS) is 12.6. The van der Waals surface area contributed by atoms with Gasteiger partial charge in [0.25, 0.3) is 0 Å². The Bertz CT molecular complexity index is 557. The molecule has 2 aromatic rings. The standard InChI is InChI=1S/C12H16FN5S/c1-8-15-17-18(16-8)11(5-6-14-2)9-3-4-10(13)12(19)7-9/h3-4,7,11,14,19H,5-6H2,1-2H3. The SMILES string of the molecule is CNCCC(c1ccc(F)c(S)c1)n1nnc(C)n1. The largest absolute Gasteiger partial charge is 0.320 e. The van der Waals surface area contributed by atoms with Gasteiger partial charge in [-0.15, -0.1) is 22.8 Å². The summed E-state index contributed by atoms with van der Waals surface area (Å²) in [6, 6.07) is 4.76. The second-order valence-corrected chi connectivity index (χ2v) is 4.76. The summed E-state index contributed by atoms with van der Waals surface area (Å²) < 4.78 is 13.3. The van der Waals surface area contributed by atoms with E-state index in [1.54, 1.807) is 23.9 Å². The number of halogens is 1. The molecule has 0 saturated carbocycles. The lowest BCUT2D eigenvalue weighted by Crippen LogP contribution is -2.20. The molecule has 0 aliphatic heterocycles. The number of tetrazole rings is 1. The van der Waals surface area contributed by atoms with Gasteiger partial charge in [-0.05, 0) is 49.8 Å². The van der Waals surface area contributed by atoms with E-state index in [1.165, 1.54) is 6.07 Å². The highest BCUT2D eigenvalue weighted by molar-refractivity contribution is 7.80. The fourth-order valence-corrected chi connectivity index (χ4v) is 2.09. The molecule has 7 heteroatoms. The van der Waals surface area contributed by atoms with Crippen molar-refractivity contribution in [1.29, 1.82) is 0 Å². The molecule has 102 valence electrons. The Kier molecular flexibility index (Phi) is 4.49. The van der Waals surface area contributed by atoms with Crippen LogP contribution in [-0.2, 0) is 0 Å². The lowest BCUT2D eigenvalue weighted by molar-refractivity contribution is 0.419. The van der Waals surface area contributed by atoms with E-state index in [1.807, 2.05) is 7.05 Å². The van der Waals surface area contributed by atoms with Crippen molar-refractivity contribution in [1.82, 2.24) is 25.5 Å². The van der Waals surface area contributed by atoms with E-state index >= 15 is 0 Å². The third kappa shape index (κ3) is 3.30. The Morgan fingerprint density at radius 2 is 2.26 bits per heavy atom. The second kappa shape index (κ2) is 6.12. The first-order chi connectivity index (χ1) is 9.11. The molecular formula is C12H16FN5S. The minimum atomic E-state index is -0.331. The molecule has 0 bridgehead atoms. The van der Waals surface area contributed by atoms with Gasteiger partial charge in [-0.2, -0.15) is 4.80 Å². The quantitative estimate of drug-likeness (QED) is 0.818. The molecule has 19 heavy (non-hydrogen) atoms. The number of rotatable bonds is 5. The van der Waals surface area contributed by atoms with Crippen LogP contribution in [0.4, 0.5) is 4.39 Å². The first kappa shape index (κ1) is 14.0. The number of aryl methyl sites for hydroxylation is 1. The average molecular weight is 281 g/mol. The summed E-state index contributed by atoms with van der Waals surface area (Å²) in [5, 5.41) is 15.2. The Morgan fingerprint density at radius 3 is 2.84 bits per heavy atom. The third-order valence-electron chi connectivity index (χ3n) is 2.83. The van der Waals surface area contributed by atoms with Gasteiger partial charge in [-0.1, -0.05) is 6.07 Å². The predicted octanol–water partition coefficient (Wildman–Crippen LogP) is 1.61. The van der Waals surface area contributed by atoms with E-state index in [2.05, 4.69) is 33.4 Å². The fraction of sp³-hybridized carbons (Fsp3) is 0.417. The van der Waals surface area contributed by atoms with Crippen LogP contribution < -0.4 is 5.32 Å². The van der Waals surface area contributed by atoms with E-state index in [0.717, 1.165) is 18.5 Å². The maximum Gasteiger partial charge on any atom is 0.171 e. The van der Waals surface area contributed by atoms with Crippen LogP contribution in [0.25, 0.3) is 0 Å². The summed E-state index contributed by atoms with van der Waals surface area (Å²) in [7, 11) is 1.88. The molecule has 1 N–H and O–H groups in total. The van der Waals surface area contributed by atoms with Gasteiger partial charge in [-0.25, -0.2) is 4.39 Å². The molecule has 5 nitrogen and oxygen atoms in total. The van der Waals surface area contributed by atoms with Gasteiger partial charge in [0, 0.05) is 4.90 Å². The van der Waals surface area contributed by atoms with Crippen molar-refractivity contribution in [3.8, 4) is 0 Å². The maximum atomic E-state index is 13.3. The number of aromatic nitrogens is 4. The number of benzene rings is 1. The number of nitrogens with one attached hydrogen (secondary N) is 1. The highest BCUT2D eigenvalue weighted by Crippen LogP contribution is 2.24. The minimum absolute atomic E-state index is 0.0832. The molecule has 1 atom stereocenters. The first-order valence-electron chi connectivity index (χ1n) is 6.01. The highest BCUT2D eigenvalue weighted by atomic mass is 32.1. The summed E-state index contributed by atoms with van der Waals surface area (Å²) in [4.78, 5) is 1.89. The molecule has 1 aromatic heterocycles. The van der Waals surface area contributed by atoms with Crippen molar-refractivity contribution in [3.63, 3.8) is 0 Å². The zero-order chi connectivity index (χ0) is 13.8. The maximum absolute atomic E-state index is 13.3. The summed E-state index contributed by atoms with van der Waals surface area (Å²) in [5.41, 5.74) is 0.916. The minimum Gasteiger partial charge on any atom is -0.320 e. The van der Waals surface area contributed by atoms with E-state index in [0.29, 0.717) is 10.7 Å². The summed E-state index contributed by atoms with van der Waals surface area (Å²) in [5.74, 6) is 0.282. The van der Waals surface area contributed by atoms with E-state index in [-0.39, 0.29) is 11.9 Å². The molecular weight excluding hydrogens is 265 g/mol. The van der Waals surface area contributed by atoms with Gasteiger partial charge >= 0.3 is 0 Å². The van der Waals surface area contributed by atoms with Crippen molar-refractivity contribution < 1.29 is 4.39 Å². The van der Waals surface area contributed by atoms with Crippen LogP contribution in [0, 0.1) is 12.7 Å². The molecule has 2 rings (SSSR count). The van der Waals surface area contributed by atoms with Crippen LogP contribution >= 0.6 is 12.6 Å². The second-order valence-electron chi connectivity index (χ2n) is 4.28. The van der Waals surface area contributed by atoms with E-state index in [4.69, 9.17) is 0 Å². The third-order valence-corrected chi connectivity index (χ3v) is 3.17. The zero-order valence-electron chi connectivity index (χ0n) is 10.8. The monoisotopic (exact) mass is 281 g/mol. The Balaban J connectivity index is 2.33.